The van der Waals surface area contributed by atoms with Crippen LogP contribution in [0.3, 0.4) is 0 Å². The molecule has 0 N–H and O–H groups in total. The second-order valence-corrected chi connectivity index (χ2v) is 20.0. The molecule has 12 rings (SSSR count). The van der Waals surface area contributed by atoms with E-state index in [9.17, 15) is 10.5 Å². The lowest BCUT2D eigenvalue weighted by atomic mass is 9.90. The van der Waals surface area contributed by atoms with Crippen LogP contribution in [0.2, 0.25) is 0 Å². The van der Waals surface area contributed by atoms with E-state index < -0.39 is 0 Å². The Kier molecular flexibility index (Phi) is 12.3. The zero-order chi connectivity index (χ0) is 53.6. The molecule has 6 nitrogen and oxygen atoms in total. The topological polar surface area (TPSA) is 62.8 Å². The molecule has 6 heteroatoms. The number of nitrogens with zero attached hydrogens (tertiary/aromatic N) is 6. The quantitative estimate of drug-likeness (QED) is 0.101. The first-order valence-electron chi connectivity index (χ1n) is 25.8. The third-order valence-corrected chi connectivity index (χ3v) is 15.1. The van der Waals surface area contributed by atoms with Crippen LogP contribution in [-0.2, 0) is 0 Å². The Morgan fingerprint density at radius 2 is 0.654 bits per heavy atom. The number of hydrogen-bond acceptors (Lipinski definition) is 4. The van der Waals surface area contributed by atoms with Gasteiger partial charge in [0.15, 0.2) is 11.4 Å². The van der Waals surface area contributed by atoms with E-state index in [2.05, 4.69) is 181 Å². The van der Waals surface area contributed by atoms with Crippen LogP contribution in [-0.4, -0.2) is 0 Å². The van der Waals surface area contributed by atoms with E-state index in [0.29, 0.717) is 22.5 Å². The number of benzene rings is 12. The molecule has 0 spiro atoms. The van der Waals surface area contributed by atoms with Crippen molar-refractivity contribution < 1.29 is 0 Å². The molecule has 0 amide bonds. The molecule has 12 aromatic rings. The summed E-state index contributed by atoms with van der Waals surface area (Å²) in [7, 11) is 0. The molecule has 366 valence electrons. The van der Waals surface area contributed by atoms with Crippen LogP contribution in [0.4, 0.5) is 45.5 Å². The Balaban J connectivity index is 1.12. The summed E-state index contributed by atoms with van der Waals surface area (Å²) in [6.07, 6.45) is 0. The summed E-state index contributed by atoms with van der Waals surface area (Å²) in [6, 6.07) is 80.1. The van der Waals surface area contributed by atoms with Gasteiger partial charge in [-0.1, -0.05) is 146 Å². The molecule has 0 saturated heterocycles. The zero-order valence-corrected chi connectivity index (χ0v) is 43.5. The van der Waals surface area contributed by atoms with E-state index in [4.69, 9.17) is 13.1 Å². The first-order valence-corrected chi connectivity index (χ1v) is 25.8. The maximum absolute atomic E-state index is 9.74. The lowest BCUT2D eigenvalue weighted by Gasteiger charge is -2.32. The molecule has 0 aliphatic heterocycles. The summed E-state index contributed by atoms with van der Waals surface area (Å²) in [4.78, 5) is 12.2. The van der Waals surface area contributed by atoms with Crippen molar-refractivity contribution in [1.29, 1.82) is 10.5 Å². The van der Waals surface area contributed by atoms with E-state index in [1.165, 1.54) is 0 Å². The predicted molar refractivity (Wildman–Crippen MR) is 322 cm³/mol. The average molecular weight is 997 g/mol. The van der Waals surface area contributed by atoms with E-state index in [1.54, 1.807) is 0 Å². The average Bonchev–Trinajstić information content (AvgIpc) is 3.67. The Morgan fingerprint density at radius 3 is 0.962 bits per heavy atom. The van der Waals surface area contributed by atoms with Gasteiger partial charge in [-0.05, 0) is 189 Å². The van der Waals surface area contributed by atoms with Crippen molar-refractivity contribution in [3.05, 3.63) is 275 Å². The van der Waals surface area contributed by atoms with Gasteiger partial charge in [0.1, 0.15) is 0 Å². The number of rotatable bonds is 10. The molecule has 0 unspecified atom stereocenters. The van der Waals surface area contributed by atoms with Crippen molar-refractivity contribution >= 4 is 77.8 Å². The number of aryl methyl sites for hydroxylation is 4. The predicted octanol–water partition coefficient (Wildman–Crippen LogP) is 20.3. The van der Waals surface area contributed by atoms with Gasteiger partial charge in [0.25, 0.3) is 0 Å². The third kappa shape index (κ3) is 8.57. The van der Waals surface area contributed by atoms with Crippen LogP contribution in [0.25, 0.3) is 86.5 Å². The smallest absolute Gasteiger partial charge is 0.187 e. The fraction of sp³-hybridized carbons (Fsp3) is 0.0556. The van der Waals surface area contributed by atoms with Crippen LogP contribution in [0.5, 0.6) is 0 Å². The lowest BCUT2D eigenvalue weighted by molar-refractivity contribution is 1.23. The van der Waals surface area contributed by atoms with Gasteiger partial charge in [-0.25, -0.2) is 9.69 Å². The molecule has 0 bridgehead atoms. The normalized spacial score (nSPS) is 11.0. The van der Waals surface area contributed by atoms with Crippen molar-refractivity contribution in [2.75, 3.05) is 9.80 Å². The van der Waals surface area contributed by atoms with Crippen molar-refractivity contribution in [1.82, 2.24) is 0 Å². The van der Waals surface area contributed by atoms with Gasteiger partial charge in [0.05, 0.1) is 59.2 Å². The van der Waals surface area contributed by atoms with Gasteiger partial charge in [0, 0.05) is 22.1 Å². The number of para-hydroxylation sites is 2. The second-order valence-electron chi connectivity index (χ2n) is 20.0. The van der Waals surface area contributed by atoms with Crippen molar-refractivity contribution in [2.24, 2.45) is 0 Å². The Morgan fingerprint density at radius 1 is 0.346 bits per heavy atom. The summed E-state index contributed by atoms with van der Waals surface area (Å²) < 4.78 is 0. The third-order valence-electron chi connectivity index (χ3n) is 15.1. The van der Waals surface area contributed by atoms with Crippen LogP contribution in [0.15, 0.2) is 218 Å². The van der Waals surface area contributed by atoms with Gasteiger partial charge < -0.3 is 9.80 Å². The van der Waals surface area contributed by atoms with Crippen LogP contribution in [0, 0.1) is 63.5 Å². The molecule has 0 radical (unpaired) electrons. The highest BCUT2D eigenvalue weighted by Gasteiger charge is 2.26. The maximum atomic E-state index is 9.74. The van der Waals surface area contributed by atoms with Gasteiger partial charge in [0.2, 0.25) is 0 Å². The lowest BCUT2D eigenvalue weighted by Crippen LogP contribution is -2.14. The van der Waals surface area contributed by atoms with E-state index in [-0.39, 0.29) is 0 Å². The summed E-state index contributed by atoms with van der Waals surface area (Å²) in [5, 5.41) is 26.3. The minimum absolute atomic E-state index is 0.582. The van der Waals surface area contributed by atoms with Crippen LogP contribution in [0.1, 0.15) is 33.4 Å². The summed E-state index contributed by atoms with van der Waals surface area (Å²) >= 11 is 0. The Bertz CT molecular complexity index is 4020. The molecule has 0 atom stereocenters. The van der Waals surface area contributed by atoms with Crippen molar-refractivity contribution in [3.63, 3.8) is 0 Å². The standard InChI is InChI=1S/C72H48N6/c1-45-9-7-10-46(2)71(45)77(63-39-57(51-17-13-49(43-73)14-18-51)37-59(41-63)53-21-29-61(75-5)30-22-53)67-35-27-55-26-34-66-68(36-28-56-25-33-65(67)69(55)70(56)66)78(72-47(3)11-8-12-48(72)4)64-40-58(52-19-15-50(44-74)16-20-52)38-60(42-64)54-23-31-62(76-6)32-24-54/h7-42H,1-4H3. The van der Waals surface area contributed by atoms with Gasteiger partial charge >= 0.3 is 0 Å². The van der Waals surface area contributed by atoms with E-state index in [1.807, 2.05) is 97.1 Å². The summed E-state index contributed by atoms with van der Waals surface area (Å²) in [5.74, 6) is 0. The second kappa shape index (κ2) is 19.8. The van der Waals surface area contributed by atoms with Crippen LogP contribution < -0.4 is 9.80 Å². The molecule has 0 saturated carbocycles. The molecule has 0 aliphatic rings. The van der Waals surface area contributed by atoms with Gasteiger partial charge in [-0.15, -0.1) is 0 Å². The molecule has 0 aliphatic carbocycles. The minimum Gasteiger partial charge on any atom is -0.309 e. The highest BCUT2D eigenvalue weighted by Crippen LogP contribution is 2.51. The van der Waals surface area contributed by atoms with Crippen molar-refractivity contribution in [3.8, 4) is 56.6 Å². The molecular weight excluding hydrogens is 949 g/mol. The Hall–Kier alpha value is -10.8. The minimum atomic E-state index is 0.582. The summed E-state index contributed by atoms with van der Waals surface area (Å²) in [6.45, 7) is 24.0. The fourth-order valence-electron chi connectivity index (χ4n) is 11.3. The SMILES string of the molecule is [C-]#[N+]c1ccc(-c2cc(-c3ccc(C#N)cc3)cc(N(c3c(C)cccc3C)c3ccc4ccc5c(N(c6cc(-c7ccc(C#N)cc7)cc(-c7ccc([N+]#[C-])cc7)c6)c6c(C)cccc6C)ccc6ccc3c4c65)c2)cc1. The Labute approximate surface area is 454 Å². The molecule has 0 heterocycles. The first-order chi connectivity index (χ1) is 38.1. The summed E-state index contributed by atoms with van der Waals surface area (Å²) in [5.41, 5.74) is 21.0. The highest BCUT2D eigenvalue weighted by atomic mass is 15.2. The molecule has 12 aromatic carbocycles. The number of hydrogen-bond donors (Lipinski definition) is 0. The fourth-order valence-corrected chi connectivity index (χ4v) is 11.3. The van der Waals surface area contributed by atoms with E-state index >= 15 is 0 Å². The molecule has 0 aromatic heterocycles. The van der Waals surface area contributed by atoms with Crippen LogP contribution >= 0.6 is 0 Å². The monoisotopic (exact) mass is 996 g/mol. The first kappa shape index (κ1) is 48.2. The van der Waals surface area contributed by atoms with Gasteiger partial charge in [-0.2, -0.15) is 10.5 Å². The maximum Gasteiger partial charge on any atom is 0.187 e. The molecular formula is C72H48N6. The van der Waals surface area contributed by atoms with Crippen molar-refractivity contribution in [2.45, 2.75) is 27.7 Å². The highest BCUT2D eigenvalue weighted by molar-refractivity contribution is 6.28. The largest absolute Gasteiger partial charge is 0.309 e. The van der Waals surface area contributed by atoms with Gasteiger partial charge in [-0.3, -0.25) is 0 Å². The number of anilines is 6. The molecule has 78 heavy (non-hydrogen) atoms. The zero-order valence-electron chi connectivity index (χ0n) is 43.5. The molecule has 0 fully saturated rings. The van der Waals surface area contributed by atoms with E-state index in [0.717, 1.165) is 133 Å². The number of nitriles is 2.